The van der Waals surface area contributed by atoms with Crippen molar-refractivity contribution in [3.8, 4) is 0 Å². The van der Waals surface area contributed by atoms with Gasteiger partial charge in [0.15, 0.2) is 0 Å². The minimum absolute atomic E-state index is 0.352. The minimum Gasteiger partial charge on any atom is -0.443 e. The number of ether oxygens (including phenoxy) is 1. The van der Waals surface area contributed by atoms with Gasteiger partial charge in [0.1, 0.15) is 5.60 Å². The van der Waals surface area contributed by atoms with Gasteiger partial charge in [-0.15, -0.1) is 0 Å². The maximum Gasteiger partial charge on any atom is 0.415 e. The van der Waals surface area contributed by atoms with Crippen LogP contribution in [0.15, 0.2) is 48.8 Å². The van der Waals surface area contributed by atoms with Gasteiger partial charge >= 0.3 is 6.09 Å². The van der Waals surface area contributed by atoms with E-state index in [0.717, 1.165) is 24.1 Å². The quantitative estimate of drug-likeness (QED) is 0.541. The Morgan fingerprint density at radius 1 is 1.07 bits per heavy atom. The van der Waals surface area contributed by atoms with Gasteiger partial charge in [-0.1, -0.05) is 44.4 Å². The van der Waals surface area contributed by atoms with E-state index in [9.17, 15) is 4.79 Å². The SMILES string of the molecule is [CH2]CCCCCc1ccc(N(Cc2cccnc2)C(=O)OC(C)(C)C)cc1. The van der Waals surface area contributed by atoms with Crippen LogP contribution < -0.4 is 4.90 Å². The Hall–Kier alpha value is -2.36. The van der Waals surface area contributed by atoms with E-state index in [1.54, 1.807) is 17.3 Å². The summed E-state index contributed by atoms with van der Waals surface area (Å²) in [5, 5.41) is 0. The molecule has 0 aliphatic heterocycles. The van der Waals surface area contributed by atoms with E-state index < -0.39 is 5.60 Å². The number of anilines is 1. The first-order valence-corrected chi connectivity index (χ1v) is 9.66. The second kappa shape index (κ2) is 10.1. The minimum atomic E-state index is -0.543. The van der Waals surface area contributed by atoms with Crippen LogP contribution in [0.1, 0.15) is 57.6 Å². The standard InChI is InChI=1S/C23H31N2O2/c1-5-6-7-8-10-19-12-14-21(15-13-19)25(22(26)27-23(2,3)4)18-20-11-9-16-24-17-20/h9,11-17H,1,5-8,10,18H2,2-4H3. The Bertz CT molecular complexity index is 691. The van der Waals surface area contributed by atoms with Gasteiger partial charge in [0.05, 0.1) is 6.54 Å². The Balaban J connectivity index is 2.13. The Kier molecular flexibility index (Phi) is 7.83. The van der Waals surface area contributed by atoms with E-state index >= 15 is 0 Å². The number of unbranched alkanes of at least 4 members (excludes halogenated alkanes) is 3. The second-order valence-electron chi connectivity index (χ2n) is 7.76. The van der Waals surface area contributed by atoms with Crippen LogP contribution >= 0.6 is 0 Å². The summed E-state index contributed by atoms with van der Waals surface area (Å²) < 4.78 is 5.61. The maximum absolute atomic E-state index is 12.8. The van der Waals surface area contributed by atoms with Gasteiger partial charge in [-0.05, 0) is 62.9 Å². The highest BCUT2D eigenvalue weighted by molar-refractivity contribution is 5.87. The first-order chi connectivity index (χ1) is 12.9. The van der Waals surface area contributed by atoms with Crippen LogP contribution in [0, 0.1) is 6.92 Å². The summed E-state index contributed by atoms with van der Waals surface area (Å²) in [6.45, 7) is 9.94. The third-order valence-corrected chi connectivity index (χ3v) is 4.14. The fraction of sp³-hybridized carbons (Fsp3) is 0.435. The topological polar surface area (TPSA) is 42.4 Å². The number of pyridine rings is 1. The predicted octanol–water partition coefficient (Wildman–Crippen LogP) is 5.96. The zero-order valence-corrected chi connectivity index (χ0v) is 16.8. The van der Waals surface area contributed by atoms with E-state index in [0.29, 0.717) is 6.54 Å². The fourth-order valence-electron chi connectivity index (χ4n) is 2.78. The maximum atomic E-state index is 12.8. The molecule has 0 fully saturated rings. The molecule has 0 saturated carbocycles. The molecule has 4 heteroatoms. The van der Waals surface area contributed by atoms with E-state index in [1.807, 2.05) is 45.0 Å². The highest BCUT2D eigenvalue weighted by Gasteiger charge is 2.23. The average molecular weight is 368 g/mol. The number of aryl methyl sites for hydroxylation is 1. The summed E-state index contributed by atoms with van der Waals surface area (Å²) in [4.78, 5) is 18.6. The van der Waals surface area contributed by atoms with Crippen LogP contribution in [-0.2, 0) is 17.7 Å². The van der Waals surface area contributed by atoms with E-state index in [-0.39, 0.29) is 6.09 Å². The molecule has 0 saturated heterocycles. The zero-order chi connectivity index (χ0) is 19.7. The molecule has 1 aromatic heterocycles. The third kappa shape index (κ3) is 7.41. The molecule has 0 spiro atoms. The van der Waals surface area contributed by atoms with Crippen LogP contribution in [0.5, 0.6) is 0 Å². The lowest BCUT2D eigenvalue weighted by Gasteiger charge is -2.27. The van der Waals surface area contributed by atoms with Gasteiger partial charge in [0, 0.05) is 18.1 Å². The molecule has 2 rings (SSSR count). The number of amides is 1. The highest BCUT2D eigenvalue weighted by Crippen LogP contribution is 2.22. The van der Waals surface area contributed by atoms with Crippen molar-refractivity contribution in [1.29, 1.82) is 0 Å². The molecular weight excluding hydrogens is 336 g/mol. The molecule has 1 heterocycles. The molecule has 145 valence electrons. The molecule has 0 atom stereocenters. The third-order valence-electron chi connectivity index (χ3n) is 4.14. The van der Waals surface area contributed by atoms with Crippen LogP contribution in [0.25, 0.3) is 0 Å². The largest absolute Gasteiger partial charge is 0.443 e. The van der Waals surface area contributed by atoms with Gasteiger partial charge in [-0.2, -0.15) is 0 Å². The van der Waals surface area contributed by atoms with Crippen LogP contribution in [0.2, 0.25) is 0 Å². The fourth-order valence-corrected chi connectivity index (χ4v) is 2.78. The summed E-state index contributed by atoms with van der Waals surface area (Å²) in [5.41, 5.74) is 2.53. The Morgan fingerprint density at radius 3 is 2.41 bits per heavy atom. The molecule has 0 aliphatic carbocycles. The summed E-state index contributed by atoms with van der Waals surface area (Å²) in [6, 6.07) is 12.0. The molecule has 0 aliphatic rings. The van der Waals surface area contributed by atoms with Crippen molar-refractivity contribution < 1.29 is 9.53 Å². The lowest BCUT2D eigenvalue weighted by atomic mass is 10.1. The van der Waals surface area contributed by atoms with E-state index in [2.05, 4.69) is 24.0 Å². The number of hydrogen-bond acceptors (Lipinski definition) is 3. The second-order valence-corrected chi connectivity index (χ2v) is 7.76. The molecule has 4 nitrogen and oxygen atoms in total. The first kappa shape index (κ1) is 20.9. The zero-order valence-electron chi connectivity index (χ0n) is 16.8. The first-order valence-electron chi connectivity index (χ1n) is 9.66. The molecule has 1 amide bonds. The lowest BCUT2D eigenvalue weighted by Crippen LogP contribution is -2.36. The predicted molar refractivity (Wildman–Crippen MR) is 111 cm³/mol. The smallest absolute Gasteiger partial charge is 0.415 e. The van der Waals surface area contributed by atoms with Crippen molar-refractivity contribution in [2.45, 2.75) is 65.0 Å². The monoisotopic (exact) mass is 367 g/mol. The number of carbonyl (C=O) groups is 1. The molecule has 0 N–H and O–H groups in total. The average Bonchev–Trinajstić information content (AvgIpc) is 2.63. The van der Waals surface area contributed by atoms with Crippen molar-refractivity contribution in [1.82, 2.24) is 4.98 Å². The molecule has 1 aromatic carbocycles. The van der Waals surface area contributed by atoms with E-state index in [1.165, 1.54) is 24.8 Å². The van der Waals surface area contributed by atoms with Crippen molar-refractivity contribution in [3.05, 3.63) is 66.8 Å². The number of hydrogen-bond donors (Lipinski definition) is 0. The summed E-state index contributed by atoms with van der Waals surface area (Å²) in [7, 11) is 0. The number of nitrogens with zero attached hydrogens (tertiary/aromatic N) is 2. The number of aromatic nitrogens is 1. The summed E-state index contributed by atoms with van der Waals surface area (Å²) in [6.07, 6.45) is 8.74. The van der Waals surface area contributed by atoms with E-state index in [4.69, 9.17) is 4.74 Å². The van der Waals surface area contributed by atoms with Gasteiger partial charge in [0.2, 0.25) is 0 Å². The van der Waals surface area contributed by atoms with Crippen molar-refractivity contribution >= 4 is 11.8 Å². The van der Waals surface area contributed by atoms with Crippen molar-refractivity contribution in [2.75, 3.05) is 4.90 Å². The number of benzene rings is 1. The highest BCUT2D eigenvalue weighted by atomic mass is 16.6. The van der Waals surface area contributed by atoms with Crippen molar-refractivity contribution in [2.24, 2.45) is 0 Å². The van der Waals surface area contributed by atoms with Gasteiger partial charge in [0.25, 0.3) is 0 Å². The molecule has 27 heavy (non-hydrogen) atoms. The molecule has 2 aromatic rings. The number of carbonyl (C=O) groups excluding carboxylic acids is 1. The number of rotatable bonds is 8. The molecule has 0 unspecified atom stereocenters. The lowest BCUT2D eigenvalue weighted by molar-refractivity contribution is 0.0577. The van der Waals surface area contributed by atoms with Crippen LogP contribution in [0.4, 0.5) is 10.5 Å². The molecular formula is C23H31N2O2. The van der Waals surface area contributed by atoms with Crippen LogP contribution in [-0.4, -0.2) is 16.7 Å². The Labute approximate surface area is 163 Å². The van der Waals surface area contributed by atoms with Crippen molar-refractivity contribution in [3.63, 3.8) is 0 Å². The van der Waals surface area contributed by atoms with Crippen LogP contribution in [0.3, 0.4) is 0 Å². The van der Waals surface area contributed by atoms with Gasteiger partial charge in [-0.3, -0.25) is 9.88 Å². The summed E-state index contributed by atoms with van der Waals surface area (Å²) in [5.74, 6) is 0. The van der Waals surface area contributed by atoms with Gasteiger partial charge in [-0.25, -0.2) is 4.79 Å². The Morgan fingerprint density at radius 2 is 1.81 bits per heavy atom. The molecule has 1 radical (unpaired) electrons. The summed E-state index contributed by atoms with van der Waals surface area (Å²) >= 11 is 0. The van der Waals surface area contributed by atoms with Gasteiger partial charge < -0.3 is 4.74 Å². The molecule has 0 bridgehead atoms. The normalized spacial score (nSPS) is 11.3.